The molecule has 0 aliphatic carbocycles. The molecule has 20 heavy (non-hydrogen) atoms. The van der Waals surface area contributed by atoms with E-state index in [1.807, 2.05) is 0 Å². The number of ether oxygens (including phenoxy) is 1. The van der Waals surface area contributed by atoms with Crippen LogP contribution in [0.1, 0.15) is 33.1 Å². The van der Waals surface area contributed by atoms with Gasteiger partial charge in [0, 0.05) is 6.61 Å². The standard InChI is InChI=1S/C12H22O8/c1-3-5-12(11(18)19,20-6-4-2)9(15)7(13)8(14)10(16)17/h7-9,13-15H,3-6H2,1-2H3,(H,16,17)(H,18,19)/t7?,8?,9?,12-/m1/s1. The molecule has 0 amide bonds. The Balaban J connectivity index is 5.36. The lowest BCUT2D eigenvalue weighted by molar-refractivity contribution is -0.208. The van der Waals surface area contributed by atoms with Gasteiger partial charge in [-0.15, -0.1) is 0 Å². The lowest BCUT2D eigenvalue weighted by Gasteiger charge is -2.36. The van der Waals surface area contributed by atoms with Crippen LogP contribution in [0.15, 0.2) is 0 Å². The van der Waals surface area contributed by atoms with Crippen molar-refractivity contribution in [1.29, 1.82) is 0 Å². The molecular weight excluding hydrogens is 272 g/mol. The minimum Gasteiger partial charge on any atom is -0.479 e. The molecule has 0 aliphatic rings. The van der Waals surface area contributed by atoms with Crippen LogP contribution in [0.25, 0.3) is 0 Å². The fourth-order valence-corrected chi connectivity index (χ4v) is 1.85. The summed E-state index contributed by atoms with van der Waals surface area (Å²) in [4.78, 5) is 22.0. The highest BCUT2D eigenvalue weighted by atomic mass is 16.5. The van der Waals surface area contributed by atoms with Gasteiger partial charge in [-0.25, -0.2) is 9.59 Å². The van der Waals surface area contributed by atoms with Gasteiger partial charge in [-0.05, 0) is 12.8 Å². The van der Waals surface area contributed by atoms with Crippen molar-refractivity contribution in [2.45, 2.75) is 57.0 Å². The number of carboxylic acid groups (broad SMARTS) is 2. The Morgan fingerprint density at radius 3 is 2.00 bits per heavy atom. The topological polar surface area (TPSA) is 145 Å². The number of aliphatic hydroxyl groups excluding tert-OH is 3. The number of aliphatic carboxylic acids is 2. The van der Waals surface area contributed by atoms with E-state index in [1.165, 1.54) is 0 Å². The Labute approximate surface area is 116 Å². The summed E-state index contributed by atoms with van der Waals surface area (Å²) in [6.45, 7) is 3.40. The Morgan fingerprint density at radius 1 is 1.10 bits per heavy atom. The normalized spacial score (nSPS) is 18.9. The van der Waals surface area contributed by atoms with Crippen LogP contribution >= 0.6 is 0 Å². The lowest BCUT2D eigenvalue weighted by Crippen LogP contribution is -2.60. The first-order valence-electron chi connectivity index (χ1n) is 6.38. The molecule has 0 fully saturated rings. The molecule has 0 bridgehead atoms. The van der Waals surface area contributed by atoms with Crippen LogP contribution in [-0.4, -0.2) is 68.0 Å². The lowest BCUT2D eigenvalue weighted by atomic mass is 9.86. The second-order valence-corrected chi connectivity index (χ2v) is 4.51. The molecule has 118 valence electrons. The molecule has 5 N–H and O–H groups in total. The van der Waals surface area contributed by atoms with Crippen LogP contribution in [0.4, 0.5) is 0 Å². The van der Waals surface area contributed by atoms with Crippen LogP contribution in [0.5, 0.6) is 0 Å². The molecule has 0 aromatic heterocycles. The van der Waals surface area contributed by atoms with Crippen molar-refractivity contribution in [1.82, 2.24) is 0 Å². The quantitative estimate of drug-likeness (QED) is 0.352. The van der Waals surface area contributed by atoms with Crippen molar-refractivity contribution < 1.29 is 39.9 Å². The first-order chi connectivity index (χ1) is 9.24. The van der Waals surface area contributed by atoms with Gasteiger partial charge in [0.2, 0.25) is 0 Å². The molecule has 0 aliphatic heterocycles. The molecule has 4 atom stereocenters. The van der Waals surface area contributed by atoms with Crippen LogP contribution < -0.4 is 0 Å². The van der Waals surface area contributed by atoms with Gasteiger partial charge in [-0.2, -0.15) is 0 Å². The minimum atomic E-state index is -2.30. The zero-order chi connectivity index (χ0) is 15.9. The number of hydrogen-bond donors (Lipinski definition) is 5. The molecule has 0 saturated carbocycles. The van der Waals surface area contributed by atoms with E-state index in [9.17, 15) is 30.0 Å². The van der Waals surface area contributed by atoms with E-state index < -0.39 is 35.9 Å². The van der Waals surface area contributed by atoms with Gasteiger partial charge in [0.15, 0.2) is 11.7 Å². The highest BCUT2D eigenvalue weighted by molar-refractivity contribution is 5.79. The summed E-state index contributed by atoms with van der Waals surface area (Å²) in [6.07, 6.45) is -5.88. The second-order valence-electron chi connectivity index (χ2n) is 4.51. The van der Waals surface area contributed by atoms with Gasteiger partial charge in [-0.1, -0.05) is 20.3 Å². The SMILES string of the molecule is CCCO[C@@](CCC)(C(=O)O)C(O)C(O)C(O)C(=O)O. The third-order valence-corrected chi connectivity index (χ3v) is 2.92. The fourth-order valence-electron chi connectivity index (χ4n) is 1.85. The summed E-state index contributed by atoms with van der Waals surface area (Å²) >= 11 is 0. The van der Waals surface area contributed by atoms with E-state index in [4.69, 9.17) is 9.84 Å². The first-order valence-corrected chi connectivity index (χ1v) is 6.38. The highest BCUT2D eigenvalue weighted by Crippen LogP contribution is 2.27. The molecule has 8 nitrogen and oxygen atoms in total. The maximum absolute atomic E-state index is 11.4. The van der Waals surface area contributed by atoms with Crippen molar-refractivity contribution in [3.8, 4) is 0 Å². The molecule has 3 unspecified atom stereocenters. The van der Waals surface area contributed by atoms with Gasteiger partial charge in [0.1, 0.15) is 12.2 Å². The predicted octanol–water partition coefficient (Wildman–Crippen LogP) is -0.796. The van der Waals surface area contributed by atoms with Crippen molar-refractivity contribution >= 4 is 11.9 Å². The van der Waals surface area contributed by atoms with Crippen molar-refractivity contribution in [2.24, 2.45) is 0 Å². The molecule has 0 saturated heterocycles. The third-order valence-electron chi connectivity index (χ3n) is 2.92. The van der Waals surface area contributed by atoms with E-state index in [-0.39, 0.29) is 13.0 Å². The summed E-state index contributed by atoms with van der Waals surface area (Å²) in [6, 6.07) is 0. The summed E-state index contributed by atoms with van der Waals surface area (Å²) < 4.78 is 5.18. The predicted molar refractivity (Wildman–Crippen MR) is 67.2 cm³/mol. The van der Waals surface area contributed by atoms with Crippen LogP contribution in [0.2, 0.25) is 0 Å². The Kier molecular flexibility index (Phi) is 7.66. The fraction of sp³-hybridized carbons (Fsp3) is 0.833. The van der Waals surface area contributed by atoms with Gasteiger partial charge < -0.3 is 30.3 Å². The van der Waals surface area contributed by atoms with Gasteiger partial charge in [0.25, 0.3) is 0 Å². The average molecular weight is 294 g/mol. The highest BCUT2D eigenvalue weighted by Gasteiger charge is 2.51. The van der Waals surface area contributed by atoms with Crippen molar-refractivity contribution in [3.05, 3.63) is 0 Å². The smallest absolute Gasteiger partial charge is 0.338 e. The van der Waals surface area contributed by atoms with Crippen molar-refractivity contribution in [3.63, 3.8) is 0 Å². The van der Waals surface area contributed by atoms with Crippen LogP contribution in [0, 0.1) is 0 Å². The van der Waals surface area contributed by atoms with Crippen LogP contribution in [-0.2, 0) is 14.3 Å². The monoisotopic (exact) mass is 294 g/mol. The first kappa shape index (κ1) is 18.8. The van der Waals surface area contributed by atoms with Gasteiger partial charge in [-0.3, -0.25) is 0 Å². The largest absolute Gasteiger partial charge is 0.479 e. The summed E-state index contributed by atoms with van der Waals surface area (Å²) in [7, 11) is 0. The zero-order valence-electron chi connectivity index (χ0n) is 11.5. The maximum atomic E-state index is 11.4. The number of rotatable bonds is 10. The Hall–Kier alpha value is -1.22. The Morgan fingerprint density at radius 2 is 1.65 bits per heavy atom. The summed E-state index contributed by atoms with van der Waals surface area (Å²) in [5.41, 5.74) is -2.15. The van der Waals surface area contributed by atoms with E-state index in [2.05, 4.69) is 0 Å². The summed E-state index contributed by atoms with van der Waals surface area (Å²) in [5, 5.41) is 46.8. The maximum Gasteiger partial charge on any atom is 0.338 e. The number of aliphatic hydroxyl groups is 3. The average Bonchev–Trinajstić information content (AvgIpc) is 2.40. The number of carbonyl (C=O) groups is 2. The van der Waals surface area contributed by atoms with E-state index >= 15 is 0 Å². The van der Waals surface area contributed by atoms with E-state index in [0.29, 0.717) is 12.8 Å². The zero-order valence-corrected chi connectivity index (χ0v) is 11.5. The molecule has 8 heteroatoms. The van der Waals surface area contributed by atoms with Gasteiger partial charge in [0.05, 0.1) is 0 Å². The number of hydrogen-bond acceptors (Lipinski definition) is 6. The molecule has 0 aromatic rings. The summed E-state index contributed by atoms with van der Waals surface area (Å²) in [5.74, 6) is -3.28. The van der Waals surface area contributed by atoms with Crippen LogP contribution in [0.3, 0.4) is 0 Å². The van der Waals surface area contributed by atoms with E-state index in [0.717, 1.165) is 0 Å². The molecular formula is C12H22O8. The molecule has 0 radical (unpaired) electrons. The molecule has 0 heterocycles. The third kappa shape index (κ3) is 4.14. The van der Waals surface area contributed by atoms with E-state index in [1.54, 1.807) is 13.8 Å². The Bertz CT molecular complexity index is 331. The number of carboxylic acids is 2. The minimum absolute atomic E-state index is 0.0131. The molecule has 0 aromatic carbocycles. The van der Waals surface area contributed by atoms with Gasteiger partial charge >= 0.3 is 11.9 Å². The second kappa shape index (κ2) is 8.15. The van der Waals surface area contributed by atoms with Crippen molar-refractivity contribution in [2.75, 3.05) is 6.61 Å². The molecule has 0 rings (SSSR count). The molecule has 0 spiro atoms.